The minimum atomic E-state index is -0.0789. The zero-order chi connectivity index (χ0) is 20.9. The van der Waals surface area contributed by atoms with Crippen molar-refractivity contribution in [3.63, 3.8) is 0 Å². The predicted octanol–water partition coefficient (Wildman–Crippen LogP) is 2.54. The molecule has 30 heavy (non-hydrogen) atoms. The average Bonchev–Trinajstić information content (AvgIpc) is 3.42. The maximum atomic E-state index is 13.6. The molecule has 0 radical (unpaired) electrons. The molecule has 3 aromatic rings. The number of aryl methyl sites for hydroxylation is 1. The van der Waals surface area contributed by atoms with E-state index >= 15 is 0 Å². The van der Waals surface area contributed by atoms with Crippen molar-refractivity contribution in [1.29, 1.82) is 0 Å². The van der Waals surface area contributed by atoms with E-state index in [1.54, 1.807) is 14.0 Å². The van der Waals surface area contributed by atoms with E-state index in [1.165, 1.54) is 12.7 Å². The van der Waals surface area contributed by atoms with Crippen molar-refractivity contribution < 1.29 is 13.9 Å². The summed E-state index contributed by atoms with van der Waals surface area (Å²) in [6, 6.07) is 0. The molecule has 0 unspecified atom stereocenters. The third kappa shape index (κ3) is 3.14. The number of aromatic nitrogens is 4. The smallest absolute Gasteiger partial charge is 0.258 e. The number of carbonyl (C=O) groups is 1. The molecule has 0 atom stereocenters. The number of fused-ring (bicyclic) bond motifs is 2. The Bertz CT molecular complexity index is 1140. The second kappa shape index (κ2) is 6.93. The minimum Gasteiger partial charge on any atom is -0.481 e. The Hall–Kier alpha value is -3.23. The number of nitrogens with one attached hydrogen (secondary N) is 1. The number of nitrogens with zero attached hydrogens (tertiary/aromatic N) is 5. The Morgan fingerprint density at radius 1 is 1.17 bits per heavy atom. The number of hydrogen-bond donors (Lipinski definition) is 1. The minimum absolute atomic E-state index is 0.0201. The van der Waals surface area contributed by atoms with Crippen LogP contribution in [0.5, 0.6) is 5.88 Å². The molecule has 0 saturated heterocycles. The highest BCUT2D eigenvalue weighted by atomic mass is 16.5. The van der Waals surface area contributed by atoms with Crippen LogP contribution in [0.25, 0.3) is 11.1 Å². The lowest BCUT2D eigenvalue weighted by Crippen LogP contribution is -2.33. The SMILES string of the molecule is COc1ncnc2c1CCN(C(=O)c1c(C)oc3ncnc(NC4(C)CC4)c13)CC2. The monoisotopic (exact) mass is 408 g/mol. The van der Waals surface area contributed by atoms with E-state index in [0.717, 1.165) is 24.1 Å². The predicted molar refractivity (Wildman–Crippen MR) is 110 cm³/mol. The van der Waals surface area contributed by atoms with Crippen LogP contribution in [0.2, 0.25) is 0 Å². The molecule has 9 heteroatoms. The third-order valence-electron chi connectivity index (χ3n) is 6.02. The summed E-state index contributed by atoms with van der Waals surface area (Å²) in [5.74, 6) is 1.71. The number of ether oxygens (including phenoxy) is 1. The zero-order valence-corrected chi connectivity index (χ0v) is 17.4. The van der Waals surface area contributed by atoms with Gasteiger partial charge in [-0.25, -0.2) is 19.9 Å². The summed E-state index contributed by atoms with van der Waals surface area (Å²) < 4.78 is 11.2. The average molecular weight is 408 g/mol. The van der Waals surface area contributed by atoms with Crippen LogP contribution in [0, 0.1) is 6.92 Å². The van der Waals surface area contributed by atoms with Gasteiger partial charge < -0.3 is 19.4 Å². The van der Waals surface area contributed by atoms with Crippen LogP contribution < -0.4 is 10.1 Å². The van der Waals surface area contributed by atoms with Crippen molar-refractivity contribution in [2.45, 2.75) is 45.1 Å². The molecule has 1 N–H and O–H groups in total. The maximum Gasteiger partial charge on any atom is 0.258 e. The number of hydrogen-bond acceptors (Lipinski definition) is 8. The summed E-state index contributed by atoms with van der Waals surface area (Å²) >= 11 is 0. The van der Waals surface area contributed by atoms with E-state index in [4.69, 9.17) is 9.15 Å². The molecule has 1 amide bonds. The Morgan fingerprint density at radius 3 is 2.70 bits per heavy atom. The fourth-order valence-electron chi connectivity index (χ4n) is 4.03. The standard InChI is InChI=1S/C21H24N6O3/c1-12-15(16-17(26-21(2)6-7-21)23-11-25-19(16)30-12)20(28)27-8-4-13-14(5-9-27)22-10-24-18(13)29-3/h10-11H,4-9H2,1-3H3,(H,23,25,26). The van der Waals surface area contributed by atoms with Crippen LogP contribution in [-0.4, -0.2) is 56.5 Å². The van der Waals surface area contributed by atoms with Crippen molar-refractivity contribution in [3.8, 4) is 5.88 Å². The normalized spacial score (nSPS) is 17.4. The van der Waals surface area contributed by atoms with Gasteiger partial charge in [0.15, 0.2) is 0 Å². The number of amides is 1. The number of methoxy groups -OCH3 is 1. The topological polar surface area (TPSA) is 106 Å². The summed E-state index contributed by atoms with van der Waals surface area (Å²) in [6.07, 6.45) is 6.42. The van der Waals surface area contributed by atoms with Gasteiger partial charge in [-0.2, -0.15) is 0 Å². The van der Waals surface area contributed by atoms with Crippen molar-refractivity contribution in [3.05, 3.63) is 35.2 Å². The molecule has 2 aliphatic rings. The summed E-state index contributed by atoms with van der Waals surface area (Å²) in [5, 5.41) is 4.13. The fourth-order valence-corrected chi connectivity index (χ4v) is 4.03. The van der Waals surface area contributed by atoms with Gasteiger partial charge in [-0.3, -0.25) is 4.79 Å². The van der Waals surface area contributed by atoms with Gasteiger partial charge in [-0.1, -0.05) is 0 Å². The molecule has 0 bridgehead atoms. The molecule has 0 aromatic carbocycles. The van der Waals surface area contributed by atoms with Gasteiger partial charge in [0, 0.05) is 30.6 Å². The van der Waals surface area contributed by atoms with Crippen LogP contribution >= 0.6 is 0 Å². The zero-order valence-electron chi connectivity index (χ0n) is 17.4. The van der Waals surface area contributed by atoms with E-state index in [-0.39, 0.29) is 11.4 Å². The summed E-state index contributed by atoms with van der Waals surface area (Å²) in [4.78, 5) is 32.7. The van der Waals surface area contributed by atoms with E-state index < -0.39 is 0 Å². The van der Waals surface area contributed by atoms with Gasteiger partial charge >= 0.3 is 0 Å². The Balaban J connectivity index is 1.49. The molecule has 0 spiro atoms. The molecule has 1 saturated carbocycles. The second-order valence-corrected chi connectivity index (χ2v) is 8.22. The highest BCUT2D eigenvalue weighted by Gasteiger charge is 2.39. The molecule has 3 aromatic heterocycles. The molecule has 1 fully saturated rings. The lowest BCUT2D eigenvalue weighted by atomic mass is 10.1. The summed E-state index contributed by atoms with van der Waals surface area (Å²) in [5.41, 5.74) is 2.88. The quantitative estimate of drug-likeness (QED) is 0.702. The van der Waals surface area contributed by atoms with Crippen molar-refractivity contribution in [2.24, 2.45) is 0 Å². The Kier molecular flexibility index (Phi) is 4.34. The third-order valence-corrected chi connectivity index (χ3v) is 6.02. The van der Waals surface area contributed by atoms with Gasteiger partial charge in [0.25, 0.3) is 5.91 Å². The molecule has 5 rings (SSSR count). The fraction of sp³-hybridized carbons (Fsp3) is 0.476. The Labute approximate surface area is 173 Å². The molecule has 1 aliphatic carbocycles. The van der Waals surface area contributed by atoms with Gasteiger partial charge in [0.1, 0.15) is 24.2 Å². The highest BCUT2D eigenvalue weighted by Crippen LogP contribution is 2.40. The lowest BCUT2D eigenvalue weighted by molar-refractivity contribution is 0.0762. The molecule has 4 heterocycles. The van der Waals surface area contributed by atoms with Crippen LogP contribution in [0.3, 0.4) is 0 Å². The first kappa shape index (κ1) is 18.8. The number of anilines is 1. The lowest BCUT2D eigenvalue weighted by Gasteiger charge is -2.20. The molecule has 156 valence electrons. The first-order valence-electron chi connectivity index (χ1n) is 10.2. The first-order chi connectivity index (χ1) is 14.5. The van der Waals surface area contributed by atoms with Gasteiger partial charge in [-0.05, 0) is 33.1 Å². The van der Waals surface area contributed by atoms with E-state index in [0.29, 0.717) is 60.1 Å². The van der Waals surface area contributed by atoms with Crippen molar-refractivity contribution in [1.82, 2.24) is 24.8 Å². The first-order valence-corrected chi connectivity index (χ1v) is 10.2. The van der Waals surface area contributed by atoms with E-state index in [9.17, 15) is 4.79 Å². The van der Waals surface area contributed by atoms with Gasteiger partial charge in [-0.15, -0.1) is 0 Å². The van der Waals surface area contributed by atoms with E-state index in [2.05, 4.69) is 32.2 Å². The van der Waals surface area contributed by atoms with Gasteiger partial charge in [0.2, 0.25) is 11.6 Å². The molecular weight excluding hydrogens is 384 g/mol. The second-order valence-electron chi connectivity index (χ2n) is 8.22. The Morgan fingerprint density at radius 2 is 1.93 bits per heavy atom. The highest BCUT2D eigenvalue weighted by molar-refractivity contribution is 6.10. The number of carbonyl (C=O) groups excluding carboxylic acids is 1. The van der Waals surface area contributed by atoms with Crippen LogP contribution in [0.1, 0.15) is 47.1 Å². The maximum absolute atomic E-state index is 13.6. The van der Waals surface area contributed by atoms with Gasteiger partial charge in [0.05, 0.1) is 23.8 Å². The van der Waals surface area contributed by atoms with Crippen LogP contribution in [0.15, 0.2) is 17.1 Å². The number of rotatable bonds is 4. The molecule has 9 nitrogen and oxygen atoms in total. The summed E-state index contributed by atoms with van der Waals surface area (Å²) in [6.45, 7) is 5.07. The molecular formula is C21H24N6O3. The number of furan rings is 1. The van der Waals surface area contributed by atoms with Crippen LogP contribution in [0.4, 0.5) is 5.82 Å². The van der Waals surface area contributed by atoms with Crippen LogP contribution in [-0.2, 0) is 12.8 Å². The van der Waals surface area contributed by atoms with Crippen molar-refractivity contribution >= 4 is 22.8 Å². The molecule has 1 aliphatic heterocycles. The largest absolute Gasteiger partial charge is 0.481 e. The van der Waals surface area contributed by atoms with E-state index in [1.807, 2.05) is 4.90 Å². The summed E-state index contributed by atoms with van der Waals surface area (Å²) in [7, 11) is 1.60. The van der Waals surface area contributed by atoms with Crippen molar-refractivity contribution in [2.75, 3.05) is 25.5 Å².